The van der Waals surface area contributed by atoms with Crippen molar-refractivity contribution >= 4 is 17.5 Å². The first-order valence-electron chi connectivity index (χ1n) is 5.50. The fourth-order valence-electron chi connectivity index (χ4n) is 1.67. The minimum Gasteiger partial charge on any atom is -0.290 e. The van der Waals surface area contributed by atoms with E-state index in [4.69, 9.17) is 17.4 Å². The van der Waals surface area contributed by atoms with Gasteiger partial charge in [-0.15, -0.1) is 0 Å². The number of carbonyl (C=O) groups excluding carboxylic acids is 1. The van der Waals surface area contributed by atoms with E-state index >= 15 is 0 Å². The highest BCUT2D eigenvalue weighted by atomic mass is 35.5. The number of nitrogens with one attached hydrogen (secondary N) is 1. The third-order valence-corrected chi connectivity index (χ3v) is 3.03. The summed E-state index contributed by atoms with van der Waals surface area (Å²) in [4.78, 5) is 11.4. The van der Waals surface area contributed by atoms with E-state index in [1.807, 2.05) is 5.43 Å². The molecule has 5 nitrogen and oxygen atoms in total. The number of rotatable bonds is 3. The summed E-state index contributed by atoms with van der Waals surface area (Å²) >= 11 is 5.88. The summed E-state index contributed by atoms with van der Waals surface area (Å²) in [5.74, 6) is 4.15. The van der Waals surface area contributed by atoms with Crippen LogP contribution in [-0.2, 0) is 6.54 Å². The van der Waals surface area contributed by atoms with Crippen LogP contribution >= 0.6 is 11.6 Å². The lowest BCUT2D eigenvalue weighted by Gasteiger charge is -2.06. The Kier molecular flexibility index (Phi) is 3.82. The third-order valence-electron chi connectivity index (χ3n) is 2.66. The summed E-state index contributed by atoms with van der Waals surface area (Å²) in [6.07, 6.45) is 1.60. The predicted octanol–water partition coefficient (Wildman–Crippen LogP) is 1.64. The van der Waals surface area contributed by atoms with Crippen LogP contribution < -0.4 is 11.3 Å². The Morgan fingerprint density at radius 2 is 2.32 bits per heavy atom. The van der Waals surface area contributed by atoms with Crippen LogP contribution in [0.2, 0.25) is 5.02 Å². The summed E-state index contributed by atoms with van der Waals surface area (Å²) in [6, 6.07) is 4.02. The molecule has 0 aliphatic heterocycles. The molecule has 0 fully saturated rings. The van der Waals surface area contributed by atoms with Gasteiger partial charge in [-0.1, -0.05) is 11.6 Å². The molecule has 0 saturated carbocycles. The first-order valence-corrected chi connectivity index (χ1v) is 5.88. The second-order valence-electron chi connectivity index (χ2n) is 4.04. The molecule has 0 bridgehead atoms. The lowest BCUT2D eigenvalue weighted by Crippen LogP contribution is -2.30. The summed E-state index contributed by atoms with van der Waals surface area (Å²) < 4.78 is 15.2. The van der Waals surface area contributed by atoms with Gasteiger partial charge in [0.05, 0.1) is 17.3 Å². The molecule has 3 N–H and O–H groups in total. The van der Waals surface area contributed by atoms with Crippen LogP contribution in [0.1, 0.15) is 21.6 Å². The highest BCUT2D eigenvalue weighted by Crippen LogP contribution is 2.16. The van der Waals surface area contributed by atoms with Gasteiger partial charge in [0.25, 0.3) is 5.91 Å². The Morgan fingerprint density at radius 3 is 2.89 bits per heavy atom. The molecule has 1 aromatic heterocycles. The van der Waals surface area contributed by atoms with Gasteiger partial charge >= 0.3 is 0 Å². The number of hydrazine groups is 1. The minimum atomic E-state index is -0.476. The Hall–Kier alpha value is -1.92. The van der Waals surface area contributed by atoms with E-state index < -0.39 is 11.7 Å². The van der Waals surface area contributed by atoms with Crippen molar-refractivity contribution < 1.29 is 9.18 Å². The number of amides is 1. The number of nitrogens with two attached hydrogens (primary N) is 1. The Labute approximate surface area is 114 Å². The number of hydrogen-bond donors (Lipinski definition) is 2. The molecular weight excluding hydrogens is 271 g/mol. The maximum absolute atomic E-state index is 13.7. The van der Waals surface area contributed by atoms with E-state index in [1.54, 1.807) is 13.1 Å². The molecular formula is C12H12ClFN4O. The molecule has 2 rings (SSSR count). The molecule has 0 aliphatic carbocycles. The molecule has 19 heavy (non-hydrogen) atoms. The number of aryl methyl sites for hydroxylation is 1. The number of halogens is 2. The maximum Gasteiger partial charge on any atom is 0.265 e. The van der Waals surface area contributed by atoms with Gasteiger partial charge in [-0.25, -0.2) is 10.2 Å². The van der Waals surface area contributed by atoms with Crippen LogP contribution in [0.4, 0.5) is 4.39 Å². The van der Waals surface area contributed by atoms with E-state index in [9.17, 15) is 9.18 Å². The van der Waals surface area contributed by atoms with Gasteiger partial charge in [0.1, 0.15) is 5.82 Å². The van der Waals surface area contributed by atoms with Crippen LogP contribution in [0.15, 0.2) is 24.4 Å². The summed E-state index contributed by atoms with van der Waals surface area (Å²) in [6.45, 7) is 1.94. The standard InChI is InChI=1S/C12H12ClFN4O/c1-7-10(13)6-18(17-7)5-9-4-8(12(19)16-15)2-3-11(9)14/h2-4,6H,5,15H2,1H3,(H,16,19). The molecule has 2 aromatic rings. The fourth-order valence-corrected chi connectivity index (χ4v) is 1.82. The molecule has 0 atom stereocenters. The lowest BCUT2D eigenvalue weighted by atomic mass is 10.1. The summed E-state index contributed by atoms with van der Waals surface area (Å²) in [5.41, 5.74) is 3.28. The Morgan fingerprint density at radius 1 is 1.58 bits per heavy atom. The van der Waals surface area contributed by atoms with Crippen LogP contribution in [0.25, 0.3) is 0 Å². The Balaban J connectivity index is 2.31. The topological polar surface area (TPSA) is 72.9 Å². The van der Waals surface area contributed by atoms with E-state index in [2.05, 4.69) is 5.10 Å². The number of nitrogen functional groups attached to an aromatic ring is 1. The average molecular weight is 283 g/mol. The number of nitrogens with zero attached hydrogens (tertiary/aromatic N) is 2. The fraction of sp³-hybridized carbons (Fsp3) is 0.167. The van der Waals surface area contributed by atoms with Crippen molar-refractivity contribution in [2.75, 3.05) is 0 Å². The van der Waals surface area contributed by atoms with Crippen LogP contribution in [0.5, 0.6) is 0 Å². The van der Waals surface area contributed by atoms with Crippen LogP contribution in [0, 0.1) is 12.7 Å². The molecule has 0 saturated heterocycles. The predicted molar refractivity (Wildman–Crippen MR) is 69.1 cm³/mol. The highest BCUT2D eigenvalue weighted by Gasteiger charge is 2.10. The van der Waals surface area contributed by atoms with E-state index in [-0.39, 0.29) is 12.1 Å². The third kappa shape index (κ3) is 2.91. The van der Waals surface area contributed by atoms with Crippen molar-refractivity contribution in [1.82, 2.24) is 15.2 Å². The normalized spacial score (nSPS) is 10.5. The average Bonchev–Trinajstić information content (AvgIpc) is 2.70. The van der Waals surface area contributed by atoms with Crippen LogP contribution in [-0.4, -0.2) is 15.7 Å². The Bertz CT molecular complexity index is 607. The largest absolute Gasteiger partial charge is 0.290 e. The van der Waals surface area contributed by atoms with Crippen molar-refractivity contribution in [3.05, 3.63) is 52.1 Å². The molecule has 100 valence electrons. The molecule has 0 aliphatic rings. The molecule has 1 aromatic carbocycles. The highest BCUT2D eigenvalue weighted by molar-refractivity contribution is 6.31. The van der Waals surface area contributed by atoms with E-state index in [0.717, 1.165) is 0 Å². The van der Waals surface area contributed by atoms with Crippen molar-refractivity contribution in [3.63, 3.8) is 0 Å². The summed E-state index contributed by atoms with van der Waals surface area (Å²) in [5, 5.41) is 4.64. The molecule has 0 unspecified atom stereocenters. The van der Waals surface area contributed by atoms with Gasteiger partial charge < -0.3 is 0 Å². The number of carbonyl (C=O) groups is 1. The minimum absolute atomic E-state index is 0.186. The van der Waals surface area contributed by atoms with Gasteiger partial charge in [-0.2, -0.15) is 5.10 Å². The summed E-state index contributed by atoms with van der Waals surface area (Å²) in [7, 11) is 0. The molecule has 0 spiro atoms. The van der Waals surface area contributed by atoms with Crippen molar-refractivity contribution in [1.29, 1.82) is 0 Å². The van der Waals surface area contributed by atoms with Gasteiger partial charge in [0, 0.05) is 17.3 Å². The first kappa shape index (κ1) is 13.5. The monoisotopic (exact) mass is 282 g/mol. The van der Waals surface area contributed by atoms with E-state index in [1.165, 1.54) is 22.9 Å². The zero-order valence-electron chi connectivity index (χ0n) is 10.2. The first-order chi connectivity index (χ1) is 9.01. The van der Waals surface area contributed by atoms with Crippen molar-refractivity contribution in [2.45, 2.75) is 13.5 Å². The SMILES string of the molecule is Cc1nn(Cc2cc(C(=O)NN)ccc2F)cc1Cl. The number of hydrogen-bond acceptors (Lipinski definition) is 3. The zero-order valence-corrected chi connectivity index (χ0v) is 10.9. The number of benzene rings is 1. The maximum atomic E-state index is 13.7. The van der Waals surface area contributed by atoms with E-state index in [0.29, 0.717) is 16.3 Å². The molecule has 1 heterocycles. The molecule has 0 radical (unpaired) electrons. The zero-order chi connectivity index (χ0) is 14.0. The smallest absolute Gasteiger partial charge is 0.265 e. The van der Waals surface area contributed by atoms with Gasteiger partial charge in [-0.3, -0.25) is 14.9 Å². The van der Waals surface area contributed by atoms with Gasteiger partial charge in [-0.05, 0) is 25.1 Å². The molecule has 7 heteroatoms. The molecule has 1 amide bonds. The second-order valence-corrected chi connectivity index (χ2v) is 4.45. The van der Waals surface area contributed by atoms with Crippen LogP contribution in [0.3, 0.4) is 0 Å². The van der Waals surface area contributed by atoms with Crippen molar-refractivity contribution in [3.8, 4) is 0 Å². The van der Waals surface area contributed by atoms with Gasteiger partial charge in [0.15, 0.2) is 0 Å². The lowest BCUT2D eigenvalue weighted by molar-refractivity contribution is 0.0953. The number of aromatic nitrogens is 2. The quantitative estimate of drug-likeness (QED) is 0.511. The second kappa shape index (κ2) is 5.38. The van der Waals surface area contributed by atoms with Crippen molar-refractivity contribution in [2.24, 2.45) is 5.84 Å². The van der Waals surface area contributed by atoms with Gasteiger partial charge in [0.2, 0.25) is 0 Å².